The zero-order valence-electron chi connectivity index (χ0n) is 23.8. The number of fused-ring (bicyclic) bond motifs is 2. The number of aromatic nitrogens is 5. The van der Waals surface area contributed by atoms with E-state index in [1.165, 1.54) is 6.08 Å². The number of pyridine rings is 1. The van der Waals surface area contributed by atoms with Crippen molar-refractivity contribution in [1.82, 2.24) is 34.9 Å². The number of rotatable bonds is 5. The summed E-state index contributed by atoms with van der Waals surface area (Å²) in [6, 6.07) is 1.94. The molecular weight excluding hydrogens is 545 g/mol. The van der Waals surface area contributed by atoms with Gasteiger partial charge in [0.2, 0.25) is 11.9 Å². The number of anilines is 2. The van der Waals surface area contributed by atoms with Gasteiger partial charge < -0.3 is 19.6 Å². The summed E-state index contributed by atoms with van der Waals surface area (Å²) in [4.78, 5) is 34.9. The van der Waals surface area contributed by atoms with Gasteiger partial charge in [0.25, 0.3) is 0 Å². The number of halogens is 2. The second kappa shape index (κ2) is 10.2. The molecule has 5 heterocycles. The van der Waals surface area contributed by atoms with Crippen LogP contribution in [0.2, 0.25) is 5.02 Å². The highest BCUT2D eigenvalue weighted by Gasteiger charge is 2.36. The van der Waals surface area contributed by atoms with Crippen molar-refractivity contribution in [3.63, 3.8) is 0 Å². The number of H-pyrrole nitrogens is 1. The maximum Gasteiger partial charge on any atom is 0.246 e. The van der Waals surface area contributed by atoms with Crippen LogP contribution in [-0.4, -0.2) is 99.3 Å². The SMILES string of the molecule is C=CC(=O)N1C[C@H](C)N(c2nc(N3CC(N(C)C)C3)nc3c(F)c(-c4c(C)ncc5[nH]ncc45)c(Cl)cc23)C[C@H]1C. The van der Waals surface area contributed by atoms with E-state index < -0.39 is 5.82 Å². The van der Waals surface area contributed by atoms with Crippen LogP contribution in [0.4, 0.5) is 16.2 Å². The molecule has 0 bridgehead atoms. The van der Waals surface area contributed by atoms with E-state index in [-0.39, 0.29) is 34.1 Å². The average Bonchev–Trinajstić information content (AvgIpc) is 3.38. The fourth-order valence-electron chi connectivity index (χ4n) is 5.88. The van der Waals surface area contributed by atoms with Crippen molar-refractivity contribution in [3.05, 3.63) is 47.6 Å². The van der Waals surface area contributed by atoms with Gasteiger partial charge >= 0.3 is 0 Å². The summed E-state index contributed by atoms with van der Waals surface area (Å²) in [5.41, 5.74) is 2.34. The number of amides is 1. The number of likely N-dealkylation sites (N-methyl/N-ethyl adjacent to an activating group) is 1. The van der Waals surface area contributed by atoms with Crippen LogP contribution in [0.5, 0.6) is 0 Å². The number of piperazine rings is 1. The quantitative estimate of drug-likeness (QED) is 0.355. The van der Waals surface area contributed by atoms with Crippen LogP contribution in [0.25, 0.3) is 32.9 Å². The van der Waals surface area contributed by atoms with E-state index in [1.54, 1.807) is 18.5 Å². The van der Waals surface area contributed by atoms with Gasteiger partial charge in [-0.1, -0.05) is 18.2 Å². The molecule has 12 heteroatoms. The molecule has 2 saturated heterocycles. The first kappa shape index (κ1) is 27.3. The molecule has 3 aromatic heterocycles. The van der Waals surface area contributed by atoms with Gasteiger partial charge in [0, 0.05) is 71.9 Å². The normalized spacial score (nSPS) is 19.9. The smallest absolute Gasteiger partial charge is 0.246 e. The highest BCUT2D eigenvalue weighted by molar-refractivity contribution is 6.35. The van der Waals surface area contributed by atoms with Crippen LogP contribution < -0.4 is 9.80 Å². The molecule has 214 valence electrons. The Bertz CT molecular complexity index is 1680. The highest BCUT2D eigenvalue weighted by Crippen LogP contribution is 2.42. The van der Waals surface area contributed by atoms with Crippen molar-refractivity contribution in [2.24, 2.45) is 0 Å². The molecule has 2 aliphatic rings. The largest absolute Gasteiger partial charge is 0.349 e. The topological polar surface area (TPSA) is 97.4 Å². The Labute approximate surface area is 242 Å². The number of aryl methyl sites for hydroxylation is 1. The molecule has 4 aromatic rings. The zero-order valence-corrected chi connectivity index (χ0v) is 24.6. The van der Waals surface area contributed by atoms with Gasteiger partial charge in [-0.2, -0.15) is 10.1 Å². The standard InChI is InChI=1S/C29H33ClFN9O/c1-7-23(41)39-11-16(3)40(12-15(39)2)28-19-8-21(30)25(24-17(4)32-10-22-20(24)9-33-36-22)26(31)27(19)34-29(35-28)38-13-18(14-38)37(5)6/h7-10,15-16,18H,1,11-14H2,2-6H3,(H,33,36)/t15-,16+/m1/s1. The van der Waals surface area contributed by atoms with Crippen LogP contribution in [0.15, 0.2) is 31.1 Å². The monoisotopic (exact) mass is 577 g/mol. The Morgan fingerprint density at radius 1 is 1.12 bits per heavy atom. The average molecular weight is 578 g/mol. The predicted molar refractivity (Wildman–Crippen MR) is 160 cm³/mol. The third kappa shape index (κ3) is 4.47. The number of nitrogens with zero attached hydrogens (tertiary/aromatic N) is 8. The van der Waals surface area contributed by atoms with Crippen LogP contribution in [0.3, 0.4) is 0 Å². The third-order valence-electron chi connectivity index (χ3n) is 8.38. The molecule has 0 aliphatic carbocycles. The molecule has 0 saturated carbocycles. The predicted octanol–water partition coefficient (Wildman–Crippen LogP) is 4.03. The van der Waals surface area contributed by atoms with E-state index in [4.69, 9.17) is 21.6 Å². The number of carbonyl (C=O) groups excluding carboxylic acids is 1. The molecule has 41 heavy (non-hydrogen) atoms. The van der Waals surface area contributed by atoms with Gasteiger partial charge in [0.15, 0.2) is 5.82 Å². The number of hydrogen-bond acceptors (Lipinski definition) is 8. The highest BCUT2D eigenvalue weighted by atomic mass is 35.5. The Hall–Kier alpha value is -3.83. The molecule has 2 aliphatic heterocycles. The van der Waals surface area contributed by atoms with Crippen molar-refractivity contribution in [1.29, 1.82) is 0 Å². The molecule has 1 N–H and O–H groups in total. The molecule has 0 unspecified atom stereocenters. The summed E-state index contributed by atoms with van der Waals surface area (Å²) in [6.45, 7) is 12.0. The summed E-state index contributed by atoms with van der Waals surface area (Å²) < 4.78 is 16.8. The number of benzene rings is 1. The molecule has 10 nitrogen and oxygen atoms in total. The molecule has 2 atom stereocenters. The van der Waals surface area contributed by atoms with Crippen LogP contribution in [0, 0.1) is 12.7 Å². The summed E-state index contributed by atoms with van der Waals surface area (Å²) in [5.74, 6) is 0.441. The van der Waals surface area contributed by atoms with Crippen molar-refractivity contribution < 1.29 is 9.18 Å². The fourth-order valence-corrected chi connectivity index (χ4v) is 6.17. The van der Waals surface area contributed by atoms with Crippen molar-refractivity contribution >= 4 is 51.1 Å². The number of hydrogen-bond donors (Lipinski definition) is 1. The minimum Gasteiger partial charge on any atom is -0.349 e. The third-order valence-corrected chi connectivity index (χ3v) is 8.68. The molecule has 1 aromatic carbocycles. The first-order valence-electron chi connectivity index (χ1n) is 13.7. The van der Waals surface area contributed by atoms with Gasteiger partial charge in [-0.3, -0.25) is 14.9 Å². The minimum atomic E-state index is -0.526. The van der Waals surface area contributed by atoms with E-state index in [0.29, 0.717) is 53.1 Å². The summed E-state index contributed by atoms with van der Waals surface area (Å²) in [5, 5.41) is 8.54. The summed E-state index contributed by atoms with van der Waals surface area (Å²) >= 11 is 6.88. The lowest BCUT2D eigenvalue weighted by atomic mass is 9.98. The van der Waals surface area contributed by atoms with E-state index >= 15 is 4.39 Å². The minimum absolute atomic E-state index is 0.0837. The Morgan fingerprint density at radius 2 is 1.88 bits per heavy atom. The van der Waals surface area contributed by atoms with E-state index in [2.05, 4.69) is 36.5 Å². The Balaban J connectivity index is 1.54. The molecular formula is C29H33ClFN9O. The van der Waals surface area contributed by atoms with Gasteiger partial charge in [0.05, 0.1) is 22.9 Å². The maximum absolute atomic E-state index is 16.8. The maximum atomic E-state index is 16.8. The van der Waals surface area contributed by atoms with E-state index in [1.807, 2.05) is 39.8 Å². The fraction of sp³-hybridized carbons (Fsp3) is 0.414. The lowest BCUT2D eigenvalue weighted by Crippen LogP contribution is -2.59. The van der Waals surface area contributed by atoms with Gasteiger partial charge in [0.1, 0.15) is 11.3 Å². The second-order valence-electron chi connectivity index (χ2n) is 11.3. The Morgan fingerprint density at radius 3 is 2.59 bits per heavy atom. The van der Waals surface area contributed by atoms with Gasteiger partial charge in [-0.25, -0.2) is 9.37 Å². The van der Waals surface area contributed by atoms with E-state index in [9.17, 15) is 4.79 Å². The number of aromatic amines is 1. The number of nitrogens with one attached hydrogen (secondary N) is 1. The van der Waals surface area contributed by atoms with E-state index in [0.717, 1.165) is 18.5 Å². The van der Waals surface area contributed by atoms with Gasteiger partial charge in [-0.05, 0) is 47.0 Å². The number of carbonyl (C=O) groups is 1. The molecule has 0 radical (unpaired) electrons. The zero-order chi connectivity index (χ0) is 29.2. The Kier molecular flexibility index (Phi) is 6.82. The van der Waals surface area contributed by atoms with Crippen LogP contribution in [0.1, 0.15) is 19.5 Å². The lowest BCUT2D eigenvalue weighted by Gasteiger charge is -2.45. The summed E-state index contributed by atoms with van der Waals surface area (Å²) in [6.07, 6.45) is 4.68. The summed E-state index contributed by atoms with van der Waals surface area (Å²) in [7, 11) is 4.09. The van der Waals surface area contributed by atoms with Crippen molar-refractivity contribution in [2.45, 2.75) is 38.9 Å². The molecule has 6 rings (SSSR count). The first-order chi connectivity index (χ1) is 19.6. The van der Waals surface area contributed by atoms with Crippen molar-refractivity contribution in [3.8, 4) is 11.1 Å². The molecule has 1 amide bonds. The second-order valence-corrected chi connectivity index (χ2v) is 11.7. The first-order valence-corrected chi connectivity index (χ1v) is 14.1. The van der Waals surface area contributed by atoms with Crippen molar-refractivity contribution in [2.75, 3.05) is 50.1 Å². The van der Waals surface area contributed by atoms with Gasteiger partial charge in [-0.15, -0.1) is 0 Å². The lowest BCUT2D eigenvalue weighted by molar-refractivity contribution is -0.128. The molecule has 0 spiro atoms. The van der Waals surface area contributed by atoms with Crippen LogP contribution in [-0.2, 0) is 4.79 Å². The molecule has 2 fully saturated rings. The van der Waals surface area contributed by atoms with Crippen LogP contribution >= 0.6 is 11.6 Å².